The zero-order valence-corrected chi connectivity index (χ0v) is 17.2. The summed E-state index contributed by atoms with van der Waals surface area (Å²) in [6.45, 7) is 2.11. The molecule has 5 nitrogen and oxygen atoms in total. The van der Waals surface area contributed by atoms with Crippen molar-refractivity contribution in [3.05, 3.63) is 65.2 Å². The molecular weight excluding hydrogens is 380 g/mol. The van der Waals surface area contributed by atoms with Gasteiger partial charge in [0.15, 0.2) is 23.1 Å². The molecule has 1 spiro atoms. The molecule has 0 saturated heterocycles. The lowest BCUT2D eigenvalue weighted by Gasteiger charge is -2.42. The van der Waals surface area contributed by atoms with E-state index in [2.05, 4.69) is 6.92 Å². The maximum absolute atomic E-state index is 13.0. The van der Waals surface area contributed by atoms with Crippen LogP contribution in [0, 0.1) is 5.41 Å². The van der Waals surface area contributed by atoms with Crippen molar-refractivity contribution >= 4 is 11.6 Å². The van der Waals surface area contributed by atoms with Gasteiger partial charge in [-0.1, -0.05) is 24.3 Å². The summed E-state index contributed by atoms with van der Waals surface area (Å²) in [5.74, 6) is 1.29. The van der Waals surface area contributed by atoms with Crippen molar-refractivity contribution in [2.24, 2.45) is 5.41 Å². The van der Waals surface area contributed by atoms with E-state index in [9.17, 15) is 9.59 Å². The number of rotatable bonds is 4. The zero-order valence-electron chi connectivity index (χ0n) is 17.2. The Hall–Kier alpha value is -3.08. The standard InChI is InChI=1S/C25H24O5/c1-24-12-11-20(26)18(15-21(27)16-6-5-7-17(14-16)28-2)19(24)10-13-25(24)29-22-8-3-4-9-23(22)30-25/h3-9,14H,10-13,15H2,1-2H3/t24-/m0/s1. The number of carbonyl (C=O) groups is 2. The van der Waals surface area contributed by atoms with Crippen molar-refractivity contribution in [2.45, 2.75) is 44.8 Å². The van der Waals surface area contributed by atoms with Gasteiger partial charge in [-0.2, -0.15) is 0 Å². The number of carbonyl (C=O) groups excluding carboxylic acids is 2. The fourth-order valence-corrected chi connectivity index (χ4v) is 5.17. The van der Waals surface area contributed by atoms with Gasteiger partial charge in [0.25, 0.3) is 5.79 Å². The van der Waals surface area contributed by atoms with Crippen molar-refractivity contribution in [1.29, 1.82) is 0 Å². The van der Waals surface area contributed by atoms with E-state index in [0.717, 1.165) is 17.1 Å². The highest BCUT2D eigenvalue weighted by atomic mass is 16.7. The number of allylic oxidation sites excluding steroid dienone is 1. The van der Waals surface area contributed by atoms with Crippen LogP contribution in [0.3, 0.4) is 0 Å². The molecule has 5 heteroatoms. The third-order valence-corrected chi connectivity index (χ3v) is 6.89. The van der Waals surface area contributed by atoms with Crippen LogP contribution in [-0.2, 0) is 4.79 Å². The summed E-state index contributed by atoms with van der Waals surface area (Å²) in [5.41, 5.74) is 1.76. The predicted molar refractivity (Wildman–Crippen MR) is 111 cm³/mol. The fourth-order valence-electron chi connectivity index (χ4n) is 5.17. The monoisotopic (exact) mass is 404 g/mol. The van der Waals surface area contributed by atoms with Crippen LogP contribution in [0.2, 0.25) is 0 Å². The highest BCUT2D eigenvalue weighted by molar-refractivity contribution is 6.07. The molecule has 0 bridgehead atoms. The van der Waals surface area contributed by atoms with E-state index < -0.39 is 11.2 Å². The first kappa shape index (κ1) is 18.9. The number of hydrogen-bond acceptors (Lipinski definition) is 5. The Kier molecular flexibility index (Phi) is 4.24. The third kappa shape index (κ3) is 2.68. The van der Waals surface area contributed by atoms with Gasteiger partial charge >= 0.3 is 0 Å². The van der Waals surface area contributed by atoms with Gasteiger partial charge in [0.05, 0.1) is 12.5 Å². The van der Waals surface area contributed by atoms with Crippen molar-refractivity contribution in [2.75, 3.05) is 7.11 Å². The Labute approximate surface area is 175 Å². The molecule has 5 rings (SSSR count). The van der Waals surface area contributed by atoms with Gasteiger partial charge in [0, 0.05) is 30.4 Å². The number of para-hydroxylation sites is 2. The number of ketones is 2. The number of ether oxygens (including phenoxy) is 3. The largest absolute Gasteiger partial charge is 0.497 e. The minimum absolute atomic E-state index is 0.0614. The fraction of sp³-hybridized carbons (Fsp3) is 0.360. The minimum Gasteiger partial charge on any atom is -0.497 e. The van der Waals surface area contributed by atoms with Gasteiger partial charge in [-0.15, -0.1) is 0 Å². The van der Waals surface area contributed by atoms with Crippen LogP contribution in [-0.4, -0.2) is 24.5 Å². The van der Waals surface area contributed by atoms with E-state index in [-0.39, 0.29) is 18.0 Å². The molecule has 154 valence electrons. The molecule has 0 aromatic heterocycles. The van der Waals surface area contributed by atoms with Crippen LogP contribution < -0.4 is 14.2 Å². The highest BCUT2D eigenvalue weighted by Crippen LogP contribution is 2.61. The van der Waals surface area contributed by atoms with E-state index in [1.54, 1.807) is 31.4 Å². The van der Waals surface area contributed by atoms with Crippen molar-refractivity contribution < 1.29 is 23.8 Å². The molecule has 2 aromatic rings. The second kappa shape index (κ2) is 6.73. The maximum Gasteiger partial charge on any atom is 0.260 e. The molecule has 2 aromatic carbocycles. The number of hydrogen-bond donors (Lipinski definition) is 0. The molecule has 3 aliphatic rings. The molecule has 0 radical (unpaired) electrons. The molecule has 0 N–H and O–H groups in total. The van der Waals surface area contributed by atoms with E-state index >= 15 is 0 Å². The molecule has 0 unspecified atom stereocenters. The smallest absolute Gasteiger partial charge is 0.260 e. The molecule has 1 aliphatic heterocycles. The zero-order chi connectivity index (χ0) is 20.9. The van der Waals surface area contributed by atoms with Crippen LogP contribution in [0.1, 0.15) is 49.4 Å². The highest BCUT2D eigenvalue weighted by Gasteiger charge is 2.63. The van der Waals surface area contributed by atoms with Crippen molar-refractivity contribution in [3.8, 4) is 17.2 Å². The number of benzene rings is 2. The quantitative estimate of drug-likeness (QED) is 0.679. The maximum atomic E-state index is 13.0. The molecule has 2 aliphatic carbocycles. The molecule has 1 saturated carbocycles. The summed E-state index contributed by atoms with van der Waals surface area (Å²) in [5, 5.41) is 0. The van der Waals surface area contributed by atoms with Crippen LogP contribution >= 0.6 is 0 Å². The first-order valence-electron chi connectivity index (χ1n) is 10.4. The van der Waals surface area contributed by atoms with Crippen LogP contribution in [0.25, 0.3) is 0 Å². The van der Waals surface area contributed by atoms with Crippen LogP contribution in [0.5, 0.6) is 17.2 Å². The minimum atomic E-state index is -0.809. The Morgan fingerprint density at radius 2 is 1.77 bits per heavy atom. The van der Waals surface area contributed by atoms with Crippen molar-refractivity contribution in [3.63, 3.8) is 0 Å². The van der Waals surface area contributed by atoms with E-state index in [1.807, 2.05) is 24.3 Å². The summed E-state index contributed by atoms with van der Waals surface area (Å²) in [4.78, 5) is 25.9. The van der Waals surface area contributed by atoms with Crippen LogP contribution in [0.4, 0.5) is 0 Å². The van der Waals surface area contributed by atoms with Crippen LogP contribution in [0.15, 0.2) is 59.7 Å². The first-order valence-corrected chi connectivity index (χ1v) is 10.4. The summed E-state index contributed by atoms with van der Waals surface area (Å²) < 4.78 is 18.0. The molecule has 30 heavy (non-hydrogen) atoms. The average molecular weight is 404 g/mol. The SMILES string of the molecule is COc1cccc(C(=O)CC2=C3CCC4(Oc5ccccc5O4)[C@@]3(C)CCC2=O)c1. The lowest BCUT2D eigenvalue weighted by atomic mass is 9.69. The molecule has 1 heterocycles. The molecule has 1 atom stereocenters. The van der Waals surface area contributed by atoms with Gasteiger partial charge in [0.1, 0.15) is 5.75 Å². The Bertz CT molecular complexity index is 1060. The van der Waals surface area contributed by atoms with Gasteiger partial charge in [-0.25, -0.2) is 0 Å². The summed E-state index contributed by atoms with van der Waals surface area (Å²) in [7, 11) is 1.57. The first-order chi connectivity index (χ1) is 14.5. The molecule has 0 amide bonds. The van der Waals surface area contributed by atoms with Crippen molar-refractivity contribution in [1.82, 2.24) is 0 Å². The topological polar surface area (TPSA) is 61.8 Å². The van der Waals surface area contributed by atoms with Gasteiger partial charge < -0.3 is 14.2 Å². The average Bonchev–Trinajstić information content (AvgIpc) is 3.28. The Balaban J connectivity index is 1.49. The van der Waals surface area contributed by atoms with E-state index in [4.69, 9.17) is 14.2 Å². The lowest BCUT2D eigenvalue weighted by Crippen LogP contribution is -2.51. The number of Topliss-reactive ketones (excluding diaryl/α,β-unsaturated/α-hetero) is 2. The second-order valence-electron chi connectivity index (χ2n) is 8.45. The summed E-state index contributed by atoms with van der Waals surface area (Å²) in [6.07, 6.45) is 2.51. The van der Waals surface area contributed by atoms with Gasteiger partial charge in [-0.05, 0) is 49.6 Å². The van der Waals surface area contributed by atoms with Gasteiger partial charge in [-0.3, -0.25) is 9.59 Å². The van der Waals surface area contributed by atoms with E-state index in [1.165, 1.54) is 0 Å². The lowest BCUT2D eigenvalue weighted by molar-refractivity contribution is -0.149. The van der Waals surface area contributed by atoms with E-state index in [0.29, 0.717) is 42.6 Å². The summed E-state index contributed by atoms with van der Waals surface area (Å²) >= 11 is 0. The Morgan fingerprint density at radius 3 is 2.47 bits per heavy atom. The van der Waals surface area contributed by atoms with Gasteiger partial charge in [0.2, 0.25) is 0 Å². The summed E-state index contributed by atoms with van der Waals surface area (Å²) in [6, 6.07) is 14.8. The number of fused-ring (bicyclic) bond motifs is 3. The second-order valence-corrected chi connectivity index (χ2v) is 8.45. The third-order valence-electron chi connectivity index (χ3n) is 6.89. The predicted octanol–water partition coefficient (Wildman–Crippen LogP) is 4.90. The number of methoxy groups -OCH3 is 1. The Morgan fingerprint density at radius 1 is 1.03 bits per heavy atom. The molecule has 1 fully saturated rings. The molecular formula is C25H24O5. The normalized spacial score (nSPS) is 23.6.